The summed E-state index contributed by atoms with van der Waals surface area (Å²) in [5.74, 6) is 1.12. The number of anilines is 1. The molecule has 1 amide bonds. The van der Waals surface area contributed by atoms with Crippen LogP contribution in [0.2, 0.25) is 0 Å². The third-order valence-electron chi connectivity index (χ3n) is 4.94. The van der Waals surface area contributed by atoms with Gasteiger partial charge in [-0.3, -0.25) is 4.79 Å². The van der Waals surface area contributed by atoms with Gasteiger partial charge < -0.3 is 11.1 Å². The van der Waals surface area contributed by atoms with Crippen molar-refractivity contribution >= 4 is 22.6 Å². The number of hydrogen-bond acceptors (Lipinski definition) is 6. The number of nitrogens with two attached hydrogens (primary N) is 1. The van der Waals surface area contributed by atoms with E-state index in [1.807, 2.05) is 0 Å². The molecule has 1 aromatic carbocycles. The highest BCUT2D eigenvalue weighted by Gasteiger charge is 2.28. The maximum atomic E-state index is 12.6. The Hall–Kier alpha value is -3.09. The van der Waals surface area contributed by atoms with Crippen molar-refractivity contribution in [3.63, 3.8) is 0 Å². The van der Waals surface area contributed by atoms with Gasteiger partial charge >= 0.3 is 0 Å². The van der Waals surface area contributed by atoms with Gasteiger partial charge in [0.1, 0.15) is 11.6 Å². The highest BCUT2D eigenvalue weighted by molar-refractivity contribution is 5.97. The Morgan fingerprint density at radius 3 is 2.54 bits per heavy atom. The molecule has 7 heteroatoms. The fourth-order valence-corrected chi connectivity index (χ4v) is 3.26. The molecule has 144 valence electrons. The summed E-state index contributed by atoms with van der Waals surface area (Å²) in [4.78, 5) is 29.7. The van der Waals surface area contributed by atoms with Crippen molar-refractivity contribution in [3.05, 3.63) is 53.4 Å². The van der Waals surface area contributed by atoms with Gasteiger partial charge in [-0.25, -0.2) is 19.9 Å². The lowest BCUT2D eigenvalue weighted by atomic mass is 9.84. The molecule has 0 saturated heterocycles. The van der Waals surface area contributed by atoms with E-state index in [0.29, 0.717) is 17.6 Å². The minimum Gasteiger partial charge on any atom is -0.383 e. The number of benzene rings is 1. The van der Waals surface area contributed by atoms with Crippen LogP contribution >= 0.6 is 0 Å². The molecule has 0 radical (unpaired) electrons. The number of nitrogens with zero attached hydrogens (tertiary/aromatic N) is 4. The van der Waals surface area contributed by atoms with Crippen LogP contribution in [0.1, 0.15) is 67.1 Å². The highest BCUT2D eigenvalue weighted by atomic mass is 16.2. The first kappa shape index (κ1) is 18.3. The van der Waals surface area contributed by atoms with E-state index in [2.05, 4.69) is 58.2 Å². The second-order valence-electron chi connectivity index (χ2n) is 8.27. The van der Waals surface area contributed by atoms with E-state index in [0.717, 1.165) is 16.5 Å². The smallest absolute Gasteiger partial charge is 0.289 e. The van der Waals surface area contributed by atoms with Gasteiger partial charge in [0, 0.05) is 17.8 Å². The lowest BCUT2D eigenvalue weighted by Gasteiger charge is -2.22. The van der Waals surface area contributed by atoms with Crippen LogP contribution in [0.25, 0.3) is 10.9 Å². The summed E-state index contributed by atoms with van der Waals surface area (Å²) in [5.41, 5.74) is 9.23. The average molecular weight is 376 g/mol. The molecular weight excluding hydrogens is 352 g/mol. The van der Waals surface area contributed by atoms with Crippen molar-refractivity contribution in [2.24, 2.45) is 0 Å². The maximum absolute atomic E-state index is 12.6. The van der Waals surface area contributed by atoms with E-state index in [1.54, 1.807) is 18.5 Å². The van der Waals surface area contributed by atoms with Gasteiger partial charge in [-0.05, 0) is 47.4 Å². The van der Waals surface area contributed by atoms with E-state index < -0.39 is 5.91 Å². The third kappa shape index (κ3) is 3.65. The second-order valence-corrected chi connectivity index (χ2v) is 8.27. The molecular formula is C21H24N6O. The number of carbonyl (C=O) groups excluding carboxylic acids is 1. The Labute approximate surface area is 163 Å². The fourth-order valence-electron chi connectivity index (χ4n) is 3.26. The van der Waals surface area contributed by atoms with Crippen LogP contribution in [0, 0.1) is 0 Å². The largest absolute Gasteiger partial charge is 0.383 e. The molecule has 1 aliphatic rings. The summed E-state index contributed by atoms with van der Waals surface area (Å²) >= 11 is 0. The van der Waals surface area contributed by atoms with Crippen molar-refractivity contribution in [1.82, 2.24) is 25.3 Å². The van der Waals surface area contributed by atoms with Gasteiger partial charge in [0.15, 0.2) is 0 Å². The summed E-state index contributed by atoms with van der Waals surface area (Å²) in [7, 11) is 0. The molecule has 3 aromatic rings. The summed E-state index contributed by atoms with van der Waals surface area (Å²) in [6.07, 6.45) is 5.67. The van der Waals surface area contributed by atoms with E-state index >= 15 is 0 Å². The second kappa shape index (κ2) is 6.82. The Bertz CT molecular complexity index is 1040. The fraction of sp³-hybridized carbons (Fsp3) is 0.381. The Morgan fingerprint density at radius 1 is 1.18 bits per heavy atom. The van der Waals surface area contributed by atoms with Gasteiger partial charge in [-0.2, -0.15) is 0 Å². The van der Waals surface area contributed by atoms with Crippen LogP contribution in [0.3, 0.4) is 0 Å². The molecule has 7 nitrogen and oxygen atoms in total. The molecule has 2 aromatic heterocycles. The monoisotopic (exact) mass is 376 g/mol. The van der Waals surface area contributed by atoms with Crippen molar-refractivity contribution in [1.29, 1.82) is 0 Å². The van der Waals surface area contributed by atoms with Crippen molar-refractivity contribution in [3.8, 4) is 0 Å². The van der Waals surface area contributed by atoms with Crippen molar-refractivity contribution < 1.29 is 4.79 Å². The first-order valence-corrected chi connectivity index (χ1v) is 9.48. The average Bonchev–Trinajstić information content (AvgIpc) is 3.50. The molecule has 3 N–H and O–H groups in total. The molecule has 0 unspecified atom stereocenters. The minimum atomic E-state index is -0.396. The number of amides is 1. The lowest BCUT2D eigenvalue weighted by molar-refractivity contribution is 0.0940. The van der Waals surface area contributed by atoms with Crippen molar-refractivity contribution in [2.75, 3.05) is 5.73 Å². The quantitative estimate of drug-likeness (QED) is 0.724. The third-order valence-corrected chi connectivity index (χ3v) is 4.94. The molecule has 1 aliphatic carbocycles. The van der Waals surface area contributed by atoms with Crippen LogP contribution in [-0.2, 0) is 12.0 Å². The first-order valence-electron chi connectivity index (χ1n) is 9.48. The number of aromatic nitrogens is 4. The van der Waals surface area contributed by atoms with Crippen LogP contribution in [0.5, 0.6) is 0 Å². The molecule has 0 atom stereocenters. The number of nitrogen functional groups attached to an aromatic ring is 1. The maximum Gasteiger partial charge on any atom is 0.289 e. The summed E-state index contributed by atoms with van der Waals surface area (Å²) in [5, 5.41) is 3.58. The van der Waals surface area contributed by atoms with Gasteiger partial charge in [0.2, 0.25) is 5.82 Å². The van der Waals surface area contributed by atoms with E-state index in [9.17, 15) is 4.79 Å². The molecule has 4 rings (SSSR count). The molecule has 1 fully saturated rings. The zero-order chi connectivity index (χ0) is 19.9. The van der Waals surface area contributed by atoms with E-state index in [-0.39, 0.29) is 17.8 Å². The number of hydrogen-bond donors (Lipinski definition) is 2. The Kier molecular flexibility index (Phi) is 4.45. The van der Waals surface area contributed by atoms with Crippen LogP contribution < -0.4 is 11.1 Å². The van der Waals surface area contributed by atoms with E-state index in [4.69, 9.17) is 5.73 Å². The minimum absolute atomic E-state index is 0.0607. The number of nitrogens with one attached hydrogen (secondary N) is 1. The van der Waals surface area contributed by atoms with Gasteiger partial charge in [-0.1, -0.05) is 26.8 Å². The van der Waals surface area contributed by atoms with Gasteiger partial charge in [0.25, 0.3) is 5.91 Å². The number of rotatable bonds is 4. The molecule has 1 saturated carbocycles. The van der Waals surface area contributed by atoms with Crippen LogP contribution in [-0.4, -0.2) is 25.8 Å². The van der Waals surface area contributed by atoms with Gasteiger partial charge in [0.05, 0.1) is 12.1 Å². The first-order chi connectivity index (χ1) is 13.3. The zero-order valence-electron chi connectivity index (χ0n) is 16.4. The highest BCUT2D eigenvalue weighted by Crippen LogP contribution is 2.43. The number of carbonyl (C=O) groups is 1. The lowest BCUT2D eigenvalue weighted by Crippen LogP contribution is -2.26. The standard InChI is InChI=1S/C21H24N6O/c1-21(2,3)15-10-13(12-5-6-12)9-14-17(15)26-19(27-18(14)22)20(28)25-11-16-23-7-4-8-24-16/h4,7-10,12H,5-6,11H2,1-3H3,(H,25,28)(H2,22,26,27). The summed E-state index contributed by atoms with van der Waals surface area (Å²) in [6, 6.07) is 6.02. The molecule has 2 heterocycles. The summed E-state index contributed by atoms with van der Waals surface area (Å²) in [6.45, 7) is 6.63. The molecule has 0 spiro atoms. The molecule has 0 bridgehead atoms. The predicted octanol–water partition coefficient (Wildman–Crippen LogP) is 3.11. The topological polar surface area (TPSA) is 107 Å². The SMILES string of the molecule is CC(C)(C)c1cc(C2CC2)cc2c(N)nc(C(=O)NCc3ncccn3)nc12. The Balaban J connectivity index is 1.72. The number of fused-ring (bicyclic) bond motifs is 1. The van der Waals surface area contributed by atoms with E-state index in [1.165, 1.54) is 18.4 Å². The summed E-state index contributed by atoms with van der Waals surface area (Å²) < 4.78 is 0. The normalized spacial score (nSPS) is 14.2. The predicted molar refractivity (Wildman–Crippen MR) is 108 cm³/mol. The Morgan fingerprint density at radius 2 is 1.89 bits per heavy atom. The van der Waals surface area contributed by atoms with Crippen molar-refractivity contribution in [2.45, 2.75) is 51.5 Å². The molecule has 0 aliphatic heterocycles. The van der Waals surface area contributed by atoms with Crippen LogP contribution in [0.4, 0.5) is 5.82 Å². The zero-order valence-corrected chi connectivity index (χ0v) is 16.4. The van der Waals surface area contributed by atoms with Crippen LogP contribution in [0.15, 0.2) is 30.6 Å². The van der Waals surface area contributed by atoms with Gasteiger partial charge in [-0.15, -0.1) is 0 Å². The molecule has 28 heavy (non-hydrogen) atoms.